The molecule has 0 radical (unpaired) electrons. The summed E-state index contributed by atoms with van der Waals surface area (Å²) in [4.78, 5) is 16.7. The topological polar surface area (TPSA) is 52.3 Å². The largest absolute Gasteiger partial charge is 0.368 e. The van der Waals surface area contributed by atoms with Gasteiger partial charge in [0.2, 0.25) is 0 Å². The Labute approximate surface area is 113 Å². The van der Waals surface area contributed by atoms with Crippen LogP contribution in [0.15, 0.2) is 10.9 Å². The van der Waals surface area contributed by atoms with E-state index in [2.05, 4.69) is 22.9 Å². The van der Waals surface area contributed by atoms with Crippen LogP contribution in [0.4, 0.5) is 5.69 Å². The van der Waals surface area contributed by atoms with Crippen molar-refractivity contribution in [3.8, 4) is 6.07 Å². The number of likely N-dealkylation sites (N-methyl/N-ethyl adjacent to an activating group) is 1. The zero-order valence-electron chi connectivity index (χ0n) is 11.8. The molecule has 0 bridgehead atoms. The lowest BCUT2D eigenvalue weighted by atomic mass is 10.1. The summed E-state index contributed by atoms with van der Waals surface area (Å²) in [5.41, 5.74) is 1.82. The Hall–Kier alpha value is -1.80. The fourth-order valence-corrected chi connectivity index (χ4v) is 2.55. The van der Waals surface area contributed by atoms with Crippen LogP contribution in [0.1, 0.15) is 18.2 Å². The molecule has 0 spiro atoms. The summed E-state index contributed by atoms with van der Waals surface area (Å²) in [5.74, 6) is 0. The second-order valence-corrected chi connectivity index (χ2v) is 5.00. The molecule has 0 unspecified atom stereocenters. The molecule has 102 valence electrons. The van der Waals surface area contributed by atoms with Crippen LogP contribution >= 0.6 is 0 Å². The van der Waals surface area contributed by atoms with E-state index in [4.69, 9.17) is 0 Å². The average molecular weight is 260 g/mol. The van der Waals surface area contributed by atoms with E-state index in [1.54, 1.807) is 4.57 Å². The van der Waals surface area contributed by atoms with Gasteiger partial charge in [-0.2, -0.15) is 5.26 Å². The number of nitrogens with zero attached hydrogens (tertiary/aromatic N) is 4. The number of piperazine rings is 1. The van der Waals surface area contributed by atoms with Crippen molar-refractivity contribution in [3.63, 3.8) is 0 Å². The van der Waals surface area contributed by atoms with Crippen molar-refractivity contribution in [2.24, 2.45) is 0 Å². The summed E-state index contributed by atoms with van der Waals surface area (Å²) >= 11 is 0. The van der Waals surface area contributed by atoms with Crippen molar-refractivity contribution in [1.82, 2.24) is 9.47 Å². The number of hydrogen-bond donors (Lipinski definition) is 0. The third kappa shape index (κ3) is 2.49. The molecule has 1 aliphatic heterocycles. The Kier molecular flexibility index (Phi) is 3.91. The van der Waals surface area contributed by atoms with Gasteiger partial charge in [0.25, 0.3) is 5.56 Å². The SMILES string of the molecule is CCn1c(C)cc(N2CCN(C)CC2)c(C#N)c1=O. The predicted molar refractivity (Wildman–Crippen MR) is 75.5 cm³/mol. The molecule has 2 heterocycles. The van der Waals surface area contributed by atoms with E-state index in [1.807, 2.05) is 19.9 Å². The van der Waals surface area contributed by atoms with Gasteiger partial charge in [-0.15, -0.1) is 0 Å². The van der Waals surface area contributed by atoms with Gasteiger partial charge in [0.1, 0.15) is 11.6 Å². The summed E-state index contributed by atoms with van der Waals surface area (Å²) in [6.07, 6.45) is 0. The van der Waals surface area contributed by atoms with Crippen LogP contribution in [0.5, 0.6) is 0 Å². The molecule has 0 amide bonds. The number of hydrogen-bond acceptors (Lipinski definition) is 4. The summed E-state index contributed by atoms with van der Waals surface area (Å²) < 4.78 is 1.65. The predicted octanol–water partition coefficient (Wildman–Crippen LogP) is 0.800. The molecule has 2 rings (SSSR count). The Bertz CT molecular complexity index is 562. The maximum Gasteiger partial charge on any atom is 0.270 e. The Balaban J connectivity index is 2.47. The van der Waals surface area contributed by atoms with E-state index in [1.165, 1.54) is 0 Å². The van der Waals surface area contributed by atoms with Crippen LogP contribution in [0.3, 0.4) is 0 Å². The number of anilines is 1. The van der Waals surface area contributed by atoms with Gasteiger partial charge < -0.3 is 14.4 Å². The van der Waals surface area contributed by atoms with Gasteiger partial charge >= 0.3 is 0 Å². The number of rotatable bonds is 2. The van der Waals surface area contributed by atoms with Gasteiger partial charge in [0.05, 0.1) is 5.69 Å². The van der Waals surface area contributed by atoms with E-state index in [9.17, 15) is 10.1 Å². The molecule has 19 heavy (non-hydrogen) atoms. The van der Waals surface area contributed by atoms with E-state index in [-0.39, 0.29) is 11.1 Å². The standard InChI is InChI=1S/C14H20N4O/c1-4-18-11(2)9-13(12(10-15)14(18)19)17-7-5-16(3)6-8-17/h9H,4-8H2,1-3H3. The monoisotopic (exact) mass is 260 g/mol. The number of aromatic nitrogens is 1. The molecule has 1 fully saturated rings. The van der Waals surface area contributed by atoms with Crippen molar-refractivity contribution in [1.29, 1.82) is 5.26 Å². The highest BCUT2D eigenvalue weighted by molar-refractivity contribution is 5.59. The van der Waals surface area contributed by atoms with Crippen molar-refractivity contribution in [2.75, 3.05) is 38.1 Å². The molecule has 5 nitrogen and oxygen atoms in total. The number of aryl methyl sites for hydroxylation is 1. The molecule has 1 aromatic rings. The minimum atomic E-state index is -0.168. The van der Waals surface area contributed by atoms with E-state index >= 15 is 0 Å². The maximum atomic E-state index is 12.3. The third-order valence-corrected chi connectivity index (χ3v) is 3.76. The summed E-state index contributed by atoms with van der Waals surface area (Å²) in [5, 5.41) is 9.29. The first-order chi connectivity index (χ1) is 9.08. The minimum absolute atomic E-state index is 0.168. The molecule has 5 heteroatoms. The molecule has 0 atom stereocenters. The lowest BCUT2D eigenvalue weighted by Crippen LogP contribution is -2.45. The second-order valence-electron chi connectivity index (χ2n) is 5.00. The van der Waals surface area contributed by atoms with Crippen LogP contribution in [0.25, 0.3) is 0 Å². The van der Waals surface area contributed by atoms with E-state index in [0.29, 0.717) is 6.54 Å². The first-order valence-corrected chi connectivity index (χ1v) is 6.66. The van der Waals surface area contributed by atoms with Crippen LogP contribution in [-0.2, 0) is 6.54 Å². The minimum Gasteiger partial charge on any atom is -0.368 e. The summed E-state index contributed by atoms with van der Waals surface area (Å²) in [7, 11) is 2.09. The fraction of sp³-hybridized carbons (Fsp3) is 0.571. The van der Waals surface area contributed by atoms with Crippen LogP contribution in [0, 0.1) is 18.3 Å². The molecule has 0 N–H and O–H groups in total. The van der Waals surface area contributed by atoms with Crippen LogP contribution < -0.4 is 10.5 Å². The third-order valence-electron chi connectivity index (χ3n) is 3.76. The summed E-state index contributed by atoms with van der Waals surface area (Å²) in [6, 6.07) is 4.05. The van der Waals surface area contributed by atoms with Gasteiger partial charge in [0, 0.05) is 38.4 Å². The molecule has 0 aromatic carbocycles. The van der Waals surface area contributed by atoms with Crippen molar-refractivity contribution in [3.05, 3.63) is 27.7 Å². The van der Waals surface area contributed by atoms with Gasteiger partial charge in [-0.3, -0.25) is 4.79 Å². The quantitative estimate of drug-likeness (QED) is 0.789. The zero-order chi connectivity index (χ0) is 14.0. The van der Waals surface area contributed by atoms with Gasteiger partial charge in [-0.1, -0.05) is 0 Å². The Morgan fingerprint density at radius 2 is 1.95 bits per heavy atom. The van der Waals surface area contributed by atoms with Gasteiger partial charge in [-0.05, 0) is 27.0 Å². The molecule has 0 saturated carbocycles. The number of pyridine rings is 1. The maximum absolute atomic E-state index is 12.3. The molecular formula is C14H20N4O. The van der Waals surface area contributed by atoms with Crippen molar-refractivity contribution < 1.29 is 0 Å². The van der Waals surface area contributed by atoms with Crippen molar-refractivity contribution >= 4 is 5.69 Å². The zero-order valence-corrected chi connectivity index (χ0v) is 11.8. The fourth-order valence-electron chi connectivity index (χ4n) is 2.55. The van der Waals surface area contributed by atoms with E-state index < -0.39 is 0 Å². The molecular weight excluding hydrogens is 240 g/mol. The Morgan fingerprint density at radius 1 is 1.32 bits per heavy atom. The molecule has 1 aliphatic rings. The van der Waals surface area contributed by atoms with Gasteiger partial charge in [-0.25, -0.2) is 0 Å². The van der Waals surface area contributed by atoms with Crippen LogP contribution in [0.2, 0.25) is 0 Å². The average Bonchev–Trinajstić information content (AvgIpc) is 2.39. The number of nitriles is 1. The smallest absolute Gasteiger partial charge is 0.270 e. The molecule has 0 aliphatic carbocycles. The highest BCUT2D eigenvalue weighted by Gasteiger charge is 2.20. The first kappa shape index (κ1) is 13.6. The molecule has 1 saturated heterocycles. The normalized spacial score (nSPS) is 16.4. The van der Waals surface area contributed by atoms with Gasteiger partial charge in [0.15, 0.2) is 0 Å². The molecule has 1 aromatic heterocycles. The first-order valence-electron chi connectivity index (χ1n) is 6.66. The highest BCUT2D eigenvalue weighted by Crippen LogP contribution is 2.20. The van der Waals surface area contributed by atoms with Crippen molar-refractivity contribution in [2.45, 2.75) is 20.4 Å². The highest BCUT2D eigenvalue weighted by atomic mass is 16.1. The summed E-state index contributed by atoms with van der Waals surface area (Å²) in [6.45, 7) is 8.08. The second kappa shape index (κ2) is 5.45. The Morgan fingerprint density at radius 3 is 2.47 bits per heavy atom. The lowest BCUT2D eigenvalue weighted by Gasteiger charge is -2.34. The van der Waals surface area contributed by atoms with Crippen LogP contribution in [-0.4, -0.2) is 42.7 Å². The van der Waals surface area contributed by atoms with E-state index in [0.717, 1.165) is 37.6 Å². The lowest BCUT2D eigenvalue weighted by molar-refractivity contribution is 0.312.